The van der Waals surface area contributed by atoms with Gasteiger partial charge in [0.25, 0.3) is 0 Å². The van der Waals surface area contributed by atoms with Crippen LogP contribution in [0.2, 0.25) is 0 Å². The molecule has 38 heavy (non-hydrogen) atoms. The minimum absolute atomic E-state index is 0.106. The normalized spacial score (nSPS) is 19.3. The van der Waals surface area contributed by atoms with E-state index in [9.17, 15) is 14.3 Å². The van der Waals surface area contributed by atoms with Crippen LogP contribution >= 0.6 is 11.9 Å². The molecule has 9 nitrogen and oxygen atoms in total. The van der Waals surface area contributed by atoms with Gasteiger partial charge >= 0.3 is 0 Å². The van der Waals surface area contributed by atoms with E-state index in [1.807, 2.05) is 16.4 Å². The number of hydrogen-bond donors (Lipinski definition) is 2. The maximum atomic E-state index is 14.7. The summed E-state index contributed by atoms with van der Waals surface area (Å²) >= 11 is 1.66. The van der Waals surface area contributed by atoms with Gasteiger partial charge in [0.15, 0.2) is 11.5 Å². The number of nitrogens with zero attached hydrogens (tertiary/aromatic N) is 6. The van der Waals surface area contributed by atoms with Gasteiger partial charge in [0.2, 0.25) is 11.9 Å². The number of pyridine rings is 1. The Kier molecular flexibility index (Phi) is 5.99. The van der Waals surface area contributed by atoms with Gasteiger partial charge in [-0.25, -0.2) is 14.4 Å². The number of carbonyl (C=O) groups is 1. The molecule has 0 radical (unpaired) electrons. The Morgan fingerprint density at radius 2 is 1.95 bits per heavy atom. The molecule has 2 bridgehead atoms. The van der Waals surface area contributed by atoms with Gasteiger partial charge in [0, 0.05) is 48.5 Å². The molecule has 0 unspecified atom stereocenters. The minimum atomic E-state index is -1.13. The Balaban J connectivity index is 1.24. The van der Waals surface area contributed by atoms with Crippen LogP contribution in [0, 0.1) is 5.82 Å². The number of rotatable bonds is 5. The van der Waals surface area contributed by atoms with Crippen LogP contribution in [0.3, 0.4) is 0 Å². The number of amides is 1. The average molecular weight is 534 g/mol. The van der Waals surface area contributed by atoms with Crippen molar-refractivity contribution >= 4 is 46.2 Å². The molecular weight excluding hydrogens is 505 g/mol. The lowest BCUT2D eigenvalue weighted by Gasteiger charge is -2.31. The summed E-state index contributed by atoms with van der Waals surface area (Å²) in [5.41, 5.74) is 1.62. The molecule has 2 N–H and O–H groups in total. The fourth-order valence-corrected chi connectivity index (χ4v) is 6.33. The van der Waals surface area contributed by atoms with Crippen LogP contribution < -0.4 is 10.2 Å². The first-order chi connectivity index (χ1) is 18.2. The molecule has 11 heteroatoms. The summed E-state index contributed by atoms with van der Waals surface area (Å²) in [5.74, 6) is 0.428. The van der Waals surface area contributed by atoms with Gasteiger partial charge in [0.05, 0.1) is 17.6 Å². The molecule has 0 aliphatic carbocycles. The van der Waals surface area contributed by atoms with Crippen molar-refractivity contribution in [3.05, 3.63) is 66.4 Å². The van der Waals surface area contributed by atoms with Gasteiger partial charge < -0.3 is 15.3 Å². The molecular formula is C27H28FN7O2S. The quantitative estimate of drug-likeness (QED) is 0.365. The number of nitrogens with one attached hydrogen (secondary N) is 1. The minimum Gasteiger partial charge on any atom is -0.384 e. The molecule has 2 aliphatic rings. The number of aromatic nitrogens is 4. The van der Waals surface area contributed by atoms with Crippen LogP contribution in [0.25, 0.3) is 16.9 Å². The van der Waals surface area contributed by atoms with Crippen molar-refractivity contribution < 1.29 is 14.3 Å². The van der Waals surface area contributed by atoms with E-state index in [2.05, 4.69) is 37.3 Å². The Bertz CT molecular complexity index is 1520. The van der Waals surface area contributed by atoms with Gasteiger partial charge in [-0.1, -0.05) is 6.07 Å². The summed E-state index contributed by atoms with van der Waals surface area (Å²) in [6, 6.07) is 13.6. The lowest BCUT2D eigenvalue weighted by molar-refractivity contribution is -0.124. The average Bonchev–Trinajstić information content (AvgIpc) is 3.38. The van der Waals surface area contributed by atoms with Crippen molar-refractivity contribution in [1.29, 1.82) is 0 Å². The third-order valence-corrected chi connectivity index (χ3v) is 8.24. The molecule has 2 fully saturated rings. The zero-order valence-corrected chi connectivity index (χ0v) is 22.1. The molecule has 0 spiro atoms. The third-order valence-electron chi connectivity index (χ3n) is 6.94. The molecule has 1 aromatic carbocycles. The van der Waals surface area contributed by atoms with Crippen molar-refractivity contribution in [1.82, 2.24) is 23.8 Å². The molecule has 2 atom stereocenters. The predicted molar refractivity (Wildman–Crippen MR) is 146 cm³/mol. The van der Waals surface area contributed by atoms with Crippen molar-refractivity contribution in [3.8, 4) is 5.82 Å². The number of anilines is 3. The lowest BCUT2D eigenvalue weighted by Crippen LogP contribution is -2.40. The number of aliphatic hydroxyl groups is 1. The second-order valence-corrected chi connectivity index (χ2v) is 11.6. The van der Waals surface area contributed by atoms with E-state index in [1.165, 1.54) is 12.4 Å². The number of benzene rings is 1. The Hall–Kier alpha value is -3.70. The van der Waals surface area contributed by atoms with E-state index in [4.69, 9.17) is 0 Å². The highest BCUT2D eigenvalue weighted by Gasteiger charge is 2.40. The third kappa shape index (κ3) is 4.56. The molecule has 6 rings (SSSR count). The van der Waals surface area contributed by atoms with Crippen LogP contribution in [0.5, 0.6) is 0 Å². The van der Waals surface area contributed by atoms with Gasteiger partial charge in [0.1, 0.15) is 11.4 Å². The molecule has 4 aromatic rings. The zero-order chi connectivity index (χ0) is 26.6. The standard InChI is InChI=1S/C27H28FN7O2S/c1-16(36)35-13-19-11-20(38-35)14-33(19)18-9-7-17(8-10-18)30-26-29-12-21-22(28)15-34(25(21)32-26)24-6-4-5-23(31-24)27(2,3)37/h4-10,12,15,19-20,37H,11,13-14H2,1-3H3,(H,29,30,32)/t19-,20-/m0/s1. The largest absolute Gasteiger partial charge is 0.384 e. The van der Waals surface area contributed by atoms with Crippen molar-refractivity contribution in [3.63, 3.8) is 0 Å². The van der Waals surface area contributed by atoms with E-state index in [1.54, 1.807) is 55.5 Å². The Labute approximate surface area is 223 Å². The van der Waals surface area contributed by atoms with Gasteiger partial charge in [-0.2, -0.15) is 4.98 Å². The molecule has 0 saturated carbocycles. The summed E-state index contributed by atoms with van der Waals surface area (Å²) in [7, 11) is 0. The second kappa shape index (κ2) is 9.25. The van der Waals surface area contributed by atoms with E-state index < -0.39 is 11.4 Å². The number of carbonyl (C=O) groups excluding carboxylic acids is 1. The van der Waals surface area contributed by atoms with Crippen LogP contribution in [-0.4, -0.2) is 59.2 Å². The predicted octanol–water partition coefficient (Wildman–Crippen LogP) is 4.38. The van der Waals surface area contributed by atoms with Crippen LogP contribution in [0.1, 0.15) is 32.9 Å². The Morgan fingerprint density at radius 1 is 1.16 bits per heavy atom. The summed E-state index contributed by atoms with van der Waals surface area (Å²) in [4.78, 5) is 27.6. The van der Waals surface area contributed by atoms with E-state index >= 15 is 0 Å². The van der Waals surface area contributed by atoms with Crippen molar-refractivity contribution in [2.45, 2.75) is 44.1 Å². The van der Waals surface area contributed by atoms with Crippen molar-refractivity contribution in [2.75, 3.05) is 23.3 Å². The summed E-state index contributed by atoms with van der Waals surface area (Å²) in [5, 5.41) is 14.3. The number of halogens is 1. The highest BCUT2D eigenvalue weighted by Crippen LogP contribution is 2.39. The van der Waals surface area contributed by atoms with Gasteiger partial charge in [-0.3, -0.25) is 13.7 Å². The van der Waals surface area contributed by atoms with Crippen LogP contribution in [0.15, 0.2) is 54.9 Å². The molecule has 5 heterocycles. The highest BCUT2D eigenvalue weighted by atomic mass is 32.2. The number of hydrogen-bond acceptors (Lipinski definition) is 8. The first kappa shape index (κ1) is 24.6. The van der Waals surface area contributed by atoms with Gasteiger partial charge in [-0.15, -0.1) is 0 Å². The first-order valence-electron chi connectivity index (χ1n) is 12.5. The lowest BCUT2D eigenvalue weighted by atomic mass is 10.1. The van der Waals surface area contributed by atoms with E-state index in [0.29, 0.717) is 34.4 Å². The smallest absolute Gasteiger partial charge is 0.229 e. The SMILES string of the molecule is CC(=O)N1C[C@@H]2C[C@@H](CN2c2ccc(Nc3ncc4c(F)cn(-c5cccc(C(C)(C)O)n5)c4n3)cc2)S1. The zero-order valence-electron chi connectivity index (χ0n) is 21.3. The topological polar surface area (TPSA) is 99.4 Å². The van der Waals surface area contributed by atoms with Crippen molar-refractivity contribution in [2.24, 2.45) is 0 Å². The van der Waals surface area contributed by atoms with E-state index in [0.717, 1.165) is 30.9 Å². The summed E-state index contributed by atoms with van der Waals surface area (Å²) < 4.78 is 18.1. The van der Waals surface area contributed by atoms with Crippen LogP contribution in [-0.2, 0) is 10.4 Å². The maximum absolute atomic E-state index is 14.7. The molecule has 2 saturated heterocycles. The molecule has 2 aliphatic heterocycles. The maximum Gasteiger partial charge on any atom is 0.229 e. The summed E-state index contributed by atoms with van der Waals surface area (Å²) in [6.45, 7) is 6.57. The molecule has 3 aromatic heterocycles. The Morgan fingerprint density at radius 3 is 2.68 bits per heavy atom. The summed E-state index contributed by atoms with van der Waals surface area (Å²) in [6.07, 6.45) is 3.85. The second-order valence-electron chi connectivity index (χ2n) is 10.2. The van der Waals surface area contributed by atoms with Crippen LogP contribution in [0.4, 0.5) is 21.7 Å². The number of fused-ring (bicyclic) bond motifs is 3. The molecule has 196 valence electrons. The fraction of sp³-hybridized carbons (Fsp3) is 0.333. The molecule has 1 amide bonds. The first-order valence-corrected chi connectivity index (χ1v) is 13.3. The van der Waals surface area contributed by atoms with Gasteiger partial charge in [-0.05, 0) is 68.6 Å². The van der Waals surface area contributed by atoms with E-state index in [-0.39, 0.29) is 11.3 Å². The highest BCUT2D eigenvalue weighted by molar-refractivity contribution is 7.98. The monoisotopic (exact) mass is 533 g/mol. The fourth-order valence-electron chi connectivity index (χ4n) is 5.02.